The predicted molar refractivity (Wildman–Crippen MR) is 103 cm³/mol. The molecule has 0 saturated carbocycles. The van der Waals surface area contributed by atoms with E-state index >= 15 is 0 Å². The van der Waals surface area contributed by atoms with Gasteiger partial charge in [0.1, 0.15) is 11.6 Å². The molecule has 0 aliphatic carbocycles. The standard InChI is InChI=1S/C20H19Cl2FN2O/c1-14-11-24-13-25(14)12-15(19-7-2-16(21)10-20(19)22)8-9-26-18-5-3-17(23)4-6-18/h2-7,10-11,13,15H,8-9,12H2,1H3. The average molecular weight is 393 g/mol. The van der Waals surface area contributed by atoms with Crippen molar-refractivity contribution in [2.24, 2.45) is 0 Å². The molecule has 1 atom stereocenters. The monoisotopic (exact) mass is 392 g/mol. The van der Waals surface area contributed by atoms with Crippen LogP contribution in [0.5, 0.6) is 5.75 Å². The van der Waals surface area contributed by atoms with Crippen LogP contribution >= 0.6 is 23.2 Å². The number of benzene rings is 2. The number of aryl methyl sites for hydroxylation is 1. The van der Waals surface area contributed by atoms with Gasteiger partial charge >= 0.3 is 0 Å². The Bertz CT molecular complexity index is 865. The summed E-state index contributed by atoms with van der Waals surface area (Å²) in [5.74, 6) is 0.498. The lowest BCUT2D eigenvalue weighted by Gasteiger charge is -2.20. The Hall–Kier alpha value is -2.04. The quantitative estimate of drug-likeness (QED) is 0.501. The number of ether oxygens (including phenoxy) is 1. The summed E-state index contributed by atoms with van der Waals surface area (Å²) in [6.45, 7) is 3.24. The summed E-state index contributed by atoms with van der Waals surface area (Å²) >= 11 is 12.5. The van der Waals surface area contributed by atoms with Crippen LogP contribution in [-0.4, -0.2) is 16.2 Å². The highest BCUT2D eigenvalue weighted by molar-refractivity contribution is 6.35. The zero-order valence-corrected chi connectivity index (χ0v) is 15.8. The molecule has 1 aromatic heterocycles. The molecule has 1 unspecified atom stereocenters. The van der Waals surface area contributed by atoms with Crippen molar-refractivity contribution in [3.63, 3.8) is 0 Å². The van der Waals surface area contributed by atoms with E-state index in [1.807, 2.05) is 31.6 Å². The second kappa shape index (κ2) is 8.56. The average Bonchev–Trinajstić information content (AvgIpc) is 3.01. The van der Waals surface area contributed by atoms with Crippen molar-refractivity contribution in [1.29, 1.82) is 0 Å². The van der Waals surface area contributed by atoms with Crippen molar-refractivity contribution >= 4 is 23.2 Å². The molecule has 0 aliphatic rings. The van der Waals surface area contributed by atoms with Gasteiger partial charge in [-0.15, -0.1) is 0 Å². The summed E-state index contributed by atoms with van der Waals surface area (Å²) in [6, 6.07) is 11.6. The number of rotatable bonds is 7. The van der Waals surface area contributed by atoms with Crippen molar-refractivity contribution in [3.05, 3.63) is 82.1 Å². The summed E-state index contributed by atoms with van der Waals surface area (Å²) in [7, 11) is 0. The smallest absolute Gasteiger partial charge is 0.123 e. The molecule has 2 aromatic carbocycles. The van der Waals surface area contributed by atoms with Gasteiger partial charge in [0.05, 0.1) is 12.9 Å². The van der Waals surface area contributed by atoms with E-state index in [1.54, 1.807) is 18.2 Å². The summed E-state index contributed by atoms with van der Waals surface area (Å²) < 4.78 is 20.9. The van der Waals surface area contributed by atoms with Crippen molar-refractivity contribution in [3.8, 4) is 5.75 Å². The van der Waals surface area contributed by atoms with Crippen LogP contribution in [0.3, 0.4) is 0 Å². The van der Waals surface area contributed by atoms with E-state index in [-0.39, 0.29) is 11.7 Å². The molecule has 136 valence electrons. The highest BCUT2D eigenvalue weighted by Crippen LogP contribution is 2.31. The van der Waals surface area contributed by atoms with Crippen molar-refractivity contribution in [1.82, 2.24) is 9.55 Å². The van der Waals surface area contributed by atoms with Gasteiger partial charge in [0.25, 0.3) is 0 Å². The van der Waals surface area contributed by atoms with E-state index in [2.05, 4.69) is 9.55 Å². The Morgan fingerprint density at radius 3 is 2.58 bits per heavy atom. The molecule has 3 nitrogen and oxygen atoms in total. The van der Waals surface area contributed by atoms with Gasteiger partial charge in [0.15, 0.2) is 0 Å². The Balaban J connectivity index is 1.74. The third kappa shape index (κ3) is 4.77. The largest absolute Gasteiger partial charge is 0.494 e. The van der Waals surface area contributed by atoms with Crippen LogP contribution in [0.25, 0.3) is 0 Å². The summed E-state index contributed by atoms with van der Waals surface area (Å²) in [6.07, 6.45) is 4.39. The number of halogens is 3. The minimum Gasteiger partial charge on any atom is -0.494 e. The molecule has 0 bridgehead atoms. The predicted octanol–water partition coefficient (Wildman–Crippen LogP) is 5.89. The van der Waals surface area contributed by atoms with Gasteiger partial charge in [-0.2, -0.15) is 0 Å². The van der Waals surface area contributed by atoms with Crippen LogP contribution in [0.1, 0.15) is 23.6 Å². The van der Waals surface area contributed by atoms with E-state index in [9.17, 15) is 4.39 Å². The van der Waals surface area contributed by atoms with E-state index in [1.165, 1.54) is 12.1 Å². The van der Waals surface area contributed by atoms with Gasteiger partial charge in [-0.1, -0.05) is 29.3 Å². The minimum atomic E-state index is -0.279. The maximum atomic E-state index is 13.0. The maximum Gasteiger partial charge on any atom is 0.123 e. The van der Waals surface area contributed by atoms with E-state index in [4.69, 9.17) is 27.9 Å². The Kier molecular flexibility index (Phi) is 6.17. The lowest BCUT2D eigenvalue weighted by atomic mass is 9.95. The van der Waals surface area contributed by atoms with E-state index in [0.29, 0.717) is 22.4 Å². The number of hydrogen-bond donors (Lipinski definition) is 0. The first kappa shape index (κ1) is 18.7. The third-order valence-electron chi connectivity index (χ3n) is 4.29. The topological polar surface area (TPSA) is 27.1 Å². The fourth-order valence-corrected chi connectivity index (χ4v) is 3.41. The Morgan fingerprint density at radius 1 is 1.15 bits per heavy atom. The summed E-state index contributed by atoms with van der Waals surface area (Å²) in [5.41, 5.74) is 2.10. The van der Waals surface area contributed by atoms with Crippen molar-refractivity contribution in [2.45, 2.75) is 25.8 Å². The fraction of sp³-hybridized carbons (Fsp3) is 0.250. The number of aromatic nitrogens is 2. The van der Waals surface area contributed by atoms with Gasteiger partial charge < -0.3 is 9.30 Å². The molecular formula is C20H19Cl2FN2O. The van der Waals surface area contributed by atoms with Crippen molar-refractivity contribution in [2.75, 3.05) is 6.61 Å². The molecule has 26 heavy (non-hydrogen) atoms. The van der Waals surface area contributed by atoms with Crippen LogP contribution in [-0.2, 0) is 6.54 Å². The SMILES string of the molecule is Cc1cncn1CC(CCOc1ccc(F)cc1)c1ccc(Cl)cc1Cl. The van der Waals surface area contributed by atoms with Crippen molar-refractivity contribution < 1.29 is 9.13 Å². The molecule has 0 saturated heterocycles. The number of imidazole rings is 1. The zero-order chi connectivity index (χ0) is 18.5. The maximum absolute atomic E-state index is 13.0. The number of nitrogens with zero attached hydrogens (tertiary/aromatic N) is 2. The van der Waals surface area contributed by atoms with Gasteiger partial charge in [-0.05, 0) is 55.3 Å². The van der Waals surface area contributed by atoms with Gasteiger partial charge in [-0.25, -0.2) is 9.37 Å². The summed E-state index contributed by atoms with van der Waals surface area (Å²) in [4.78, 5) is 4.18. The second-order valence-corrected chi connectivity index (χ2v) is 6.98. The van der Waals surface area contributed by atoms with Crippen LogP contribution < -0.4 is 4.74 Å². The molecular weight excluding hydrogens is 374 g/mol. The van der Waals surface area contributed by atoms with Gasteiger partial charge in [0.2, 0.25) is 0 Å². The lowest BCUT2D eigenvalue weighted by Crippen LogP contribution is -2.14. The first-order chi connectivity index (χ1) is 12.5. The van der Waals surface area contributed by atoms with Crippen LogP contribution in [0.4, 0.5) is 4.39 Å². The van der Waals surface area contributed by atoms with Crippen LogP contribution in [0.15, 0.2) is 55.0 Å². The molecule has 0 amide bonds. The first-order valence-electron chi connectivity index (χ1n) is 8.33. The Labute approximate surface area is 162 Å². The van der Waals surface area contributed by atoms with E-state index < -0.39 is 0 Å². The minimum absolute atomic E-state index is 0.133. The van der Waals surface area contributed by atoms with Gasteiger partial charge in [-0.3, -0.25) is 0 Å². The third-order valence-corrected chi connectivity index (χ3v) is 4.85. The second-order valence-electron chi connectivity index (χ2n) is 6.14. The lowest BCUT2D eigenvalue weighted by molar-refractivity contribution is 0.290. The van der Waals surface area contributed by atoms with Crippen LogP contribution in [0.2, 0.25) is 10.0 Å². The van der Waals surface area contributed by atoms with E-state index in [0.717, 1.165) is 24.2 Å². The summed E-state index contributed by atoms with van der Waals surface area (Å²) in [5, 5.41) is 1.25. The molecule has 3 rings (SSSR count). The molecule has 0 radical (unpaired) electrons. The highest BCUT2D eigenvalue weighted by Gasteiger charge is 2.17. The Morgan fingerprint density at radius 2 is 1.92 bits per heavy atom. The first-order valence-corrected chi connectivity index (χ1v) is 9.08. The molecule has 0 aliphatic heterocycles. The number of hydrogen-bond acceptors (Lipinski definition) is 2. The molecule has 0 N–H and O–H groups in total. The molecule has 3 aromatic rings. The van der Waals surface area contributed by atoms with Crippen LogP contribution in [0, 0.1) is 12.7 Å². The molecule has 0 fully saturated rings. The fourth-order valence-electron chi connectivity index (χ4n) is 2.84. The van der Waals surface area contributed by atoms with Gasteiger partial charge in [0, 0.05) is 34.4 Å². The molecule has 0 spiro atoms. The molecule has 6 heteroatoms. The zero-order valence-electron chi connectivity index (χ0n) is 14.3. The highest BCUT2D eigenvalue weighted by atomic mass is 35.5. The normalized spacial score (nSPS) is 12.2. The molecule has 1 heterocycles.